The maximum Gasteiger partial charge on any atom is 0.341 e. The van der Waals surface area contributed by atoms with Gasteiger partial charge in [0.25, 0.3) is 0 Å². The summed E-state index contributed by atoms with van der Waals surface area (Å²) in [6.45, 7) is 1.85. The van der Waals surface area contributed by atoms with Gasteiger partial charge in [-0.1, -0.05) is 5.16 Å². The van der Waals surface area contributed by atoms with Crippen LogP contribution in [0.4, 0.5) is 0 Å². The second-order valence-corrected chi connectivity index (χ2v) is 4.26. The van der Waals surface area contributed by atoms with Crippen LogP contribution in [0.1, 0.15) is 40.6 Å². The van der Waals surface area contributed by atoms with Crippen LogP contribution in [0.5, 0.6) is 0 Å². The highest BCUT2D eigenvalue weighted by molar-refractivity contribution is 5.95. The molecule has 2 N–H and O–H groups in total. The van der Waals surface area contributed by atoms with Gasteiger partial charge < -0.3 is 14.6 Å². The van der Waals surface area contributed by atoms with Crippen LogP contribution in [0.25, 0.3) is 11.5 Å². The van der Waals surface area contributed by atoms with Crippen LogP contribution in [0.15, 0.2) is 10.7 Å². The number of carboxylic acid groups (broad SMARTS) is 1. The highest BCUT2D eigenvalue weighted by Crippen LogP contribution is 2.43. The molecule has 0 radical (unpaired) electrons. The summed E-state index contributed by atoms with van der Waals surface area (Å²) in [6.07, 6.45) is 3.56. The first-order chi connectivity index (χ1) is 8.16. The summed E-state index contributed by atoms with van der Waals surface area (Å²) in [5, 5.41) is 13.1. The van der Waals surface area contributed by atoms with Crippen LogP contribution in [-0.2, 0) is 0 Å². The van der Waals surface area contributed by atoms with Crippen molar-refractivity contribution in [2.24, 2.45) is 0 Å². The molecule has 0 atom stereocenters. The van der Waals surface area contributed by atoms with E-state index in [0.717, 1.165) is 18.5 Å². The molecule has 1 saturated carbocycles. The summed E-state index contributed by atoms with van der Waals surface area (Å²) in [5.41, 5.74) is 1.28. The van der Waals surface area contributed by atoms with Gasteiger partial charge in [0.1, 0.15) is 5.56 Å². The van der Waals surface area contributed by atoms with E-state index in [1.807, 2.05) is 6.92 Å². The predicted octanol–water partition coefficient (Wildman–Crippen LogP) is 1.95. The lowest BCUT2D eigenvalue weighted by molar-refractivity contribution is 0.0695. The van der Waals surface area contributed by atoms with Crippen molar-refractivity contribution < 1.29 is 14.4 Å². The molecule has 6 heteroatoms. The third-order valence-electron chi connectivity index (χ3n) is 2.81. The lowest BCUT2D eigenvalue weighted by Gasteiger charge is -1.95. The molecule has 1 fully saturated rings. The number of nitrogens with zero attached hydrogens (tertiary/aromatic N) is 2. The molecule has 3 rings (SSSR count). The minimum Gasteiger partial charge on any atom is -0.477 e. The molecule has 0 unspecified atom stereocenters. The highest BCUT2D eigenvalue weighted by atomic mass is 16.5. The third kappa shape index (κ3) is 1.61. The Bertz CT molecular complexity index is 581. The lowest BCUT2D eigenvalue weighted by Crippen LogP contribution is -2.01. The largest absolute Gasteiger partial charge is 0.477 e. The lowest BCUT2D eigenvalue weighted by atomic mass is 10.1. The van der Waals surface area contributed by atoms with Gasteiger partial charge in [0.2, 0.25) is 0 Å². The van der Waals surface area contributed by atoms with Crippen molar-refractivity contribution in [3.05, 3.63) is 23.2 Å². The van der Waals surface area contributed by atoms with Gasteiger partial charge in [0, 0.05) is 17.8 Å². The number of carboxylic acids is 1. The van der Waals surface area contributed by atoms with Gasteiger partial charge in [-0.25, -0.2) is 9.78 Å². The molecule has 0 saturated heterocycles. The zero-order valence-corrected chi connectivity index (χ0v) is 9.23. The minimum atomic E-state index is -1.02. The Kier molecular flexibility index (Phi) is 2.04. The number of aromatic carboxylic acids is 1. The average molecular weight is 233 g/mol. The molecule has 1 aliphatic rings. The Hall–Kier alpha value is -2.11. The number of imidazole rings is 1. The van der Waals surface area contributed by atoms with Crippen molar-refractivity contribution in [2.45, 2.75) is 25.7 Å². The molecular weight excluding hydrogens is 222 g/mol. The summed E-state index contributed by atoms with van der Waals surface area (Å²) >= 11 is 0. The first kappa shape index (κ1) is 10.1. The smallest absolute Gasteiger partial charge is 0.341 e. The summed E-state index contributed by atoms with van der Waals surface area (Å²) in [4.78, 5) is 18.3. The van der Waals surface area contributed by atoms with Crippen LogP contribution < -0.4 is 0 Å². The topological polar surface area (TPSA) is 92.0 Å². The number of H-pyrrole nitrogens is 1. The molecule has 17 heavy (non-hydrogen) atoms. The SMILES string of the molecule is Cc1cnc(-c2noc(C3CC3)c2C(=O)O)[nH]1. The maximum atomic E-state index is 11.3. The van der Waals surface area contributed by atoms with Gasteiger partial charge in [0.15, 0.2) is 17.3 Å². The molecule has 0 spiro atoms. The molecule has 88 valence electrons. The standard InChI is InChI=1S/C11H11N3O3/c1-5-4-12-10(13-5)8-7(11(15)16)9(17-14-8)6-2-3-6/h4,6H,2-3H2,1H3,(H,12,13)(H,15,16). The van der Waals surface area contributed by atoms with Crippen LogP contribution in [-0.4, -0.2) is 26.2 Å². The molecule has 0 aromatic carbocycles. The van der Waals surface area contributed by atoms with Gasteiger partial charge >= 0.3 is 5.97 Å². The van der Waals surface area contributed by atoms with Gasteiger partial charge in [0.05, 0.1) is 0 Å². The fraction of sp³-hybridized carbons (Fsp3) is 0.364. The Balaban J connectivity index is 2.13. The highest BCUT2D eigenvalue weighted by Gasteiger charge is 2.35. The summed E-state index contributed by atoms with van der Waals surface area (Å²) < 4.78 is 5.15. The summed E-state index contributed by atoms with van der Waals surface area (Å²) in [6, 6.07) is 0. The molecule has 2 aromatic heterocycles. The van der Waals surface area contributed by atoms with E-state index in [-0.39, 0.29) is 17.2 Å². The Morgan fingerprint density at radius 1 is 1.59 bits per heavy atom. The number of rotatable bonds is 3. The number of aromatic nitrogens is 3. The van der Waals surface area contributed by atoms with E-state index in [2.05, 4.69) is 15.1 Å². The molecule has 2 aromatic rings. The normalized spacial score (nSPS) is 15.1. The first-order valence-electron chi connectivity index (χ1n) is 5.41. The van der Waals surface area contributed by atoms with E-state index in [1.165, 1.54) is 0 Å². The van der Waals surface area contributed by atoms with Crippen LogP contribution in [0.2, 0.25) is 0 Å². The first-order valence-corrected chi connectivity index (χ1v) is 5.41. The van der Waals surface area contributed by atoms with Crippen molar-refractivity contribution in [1.82, 2.24) is 15.1 Å². The second kappa shape index (κ2) is 3.44. The quantitative estimate of drug-likeness (QED) is 0.845. The van der Waals surface area contributed by atoms with Crippen molar-refractivity contribution in [3.8, 4) is 11.5 Å². The molecule has 2 heterocycles. The number of carbonyl (C=O) groups is 1. The van der Waals surface area contributed by atoms with E-state index >= 15 is 0 Å². The summed E-state index contributed by atoms with van der Waals surface area (Å²) in [7, 11) is 0. The fourth-order valence-electron chi connectivity index (χ4n) is 1.83. The van der Waals surface area contributed by atoms with Crippen molar-refractivity contribution in [3.63, 3.8) is 0 Å². The molecule has 0 bridgehead atoms. The number of aryl methyl sites for hydroxylation is 1. The predicted molar refractivity (Wildman–Crippen MR) is 57.8 cm³/mol. The van der Waals surface area contributed by atoms with Crippen LogP contribution in [0.3, 0.4) is 0 Å². The molecule has 6 nitrogen and oxygen atoms in total. The molecular formula is C11H11N3O3. The van der Waals surface area contributed by atoms with Gasteiger partial charge in [-0.3, -0.25) is 0 Å². The van der Waals surface area contributed by atoms with Gasteiger partial charge in [-0.15, -0.1) is 0 Å². The Morgan fingerprint density at radius 3 is 2.88 bits per heavy atom. The van der Waals surface area contributed by atoms with E-state index in [4.69, 9.17) is 4.52 Å². The monoisotopic (exact) mass is 233 g/mol. The molecule has 1 aliphatic carbocycles. The van der Waals surface area contributed by atoms with E-state index in [9.17, 15) is 9.90 Å². The average Bonchev–Trinajstić information content (AvgIpc) is 2.87. The number of hydrogen-bond acceptors (Lipinski definition) is 4. The minimum absolute atomic E-state index is 0.141. The van der Waals surface area contributed by atoms with Gasteiger partial charge in [-0.05, 0) is 19.8 Å². The van der Waals surface area contributed by atoms with E-state index in [0.29, 0.717) is 11.6 Å². The van der Waals surface area contributed by atoms with E-state index < -0.39 is 5.97 Å². The maximum absolute atomic E-state index is 11.3. The zero-order chi connectivity index (χ0) is 12.0. The Labute approximate surface area is 96.7 Å². The van der Waals surface area contributed by atoms with Crippen molar-refractivity contribution in [1.29, 1.82) is 0 Å². The van der Waals surface area contributed by atoms with Crippen molar-refractivity contribution >= 4 is 5.97 Å². The zero-order valence-electron chi connectivity index (χ0n) is 9.23. The third-order valence-corrected chi connectivity index (χ3v) is 2.81. The number of hydrogen-bond donors (Lipinski definition) is 2. The van der Waals surface area contributed by atoms with Crippen LogP contribution >= 0.6 is 0 Å². The molecule has 0 aliphatic heterocycles. The number of nitrogens with one attached hydrogen (secondary N) is 1. The molecule has 0 amide bonds. The second-order valence-electron chi connectivity index (χ2n) is 4.26. The van der Waals surface area contributed by atoms with Crippen molar-refractivity contribution in [2.75, 3.05) is 0 Å². The van der Waals surface area contributed by atoms with E-state index in [1.54, 1.807) is 6.20 Å². The van der Waals surface area contributed by atoms with Gasteiger partial charge in [-0.2, -0.15) is 0 Å². The number of aromatic amines is 1. The van der Waals surface area contributed by atoms with Crippen LogP contribution in [0, 0.1) is 6.92 Å². The fourth-order valence-corrected chi connectivity index (χ4v) is 1.83. The Morgan fingerprint density at radius 2 is 2.35 bits per heavy atom. The summed E-state index contributed by atoms with van der Waals surface area (Å²) in [5.74, 6) is 0.104.